The van der Waals surface area contributed by atoms with Crippen molar-refractivity contribution in [1.82, 2.24) is 4.57 Å². The van der Waals surface area contributed by atoms with Crippen molar-refractivity contribution in [3.63, 3.8) is 0 Å². The Balaban J connectivity index is 1.12. The molecule has 0 fully saturated rings. The van der Waals surface area contributed by atoms with E-state index >= 15 is 0 Å². The molecule has 7 aromatic carbocycles. The van der Waals surface area contributed by atoms with Crippen LogP contribution in [0.1, 0.15) is 25.0 Å². The Morgan fingerprint density at radius 1 is 0.458 bits per heavy atom. The van der Waals surface area contributed by atoms with E-state index in [-0.39, 0.29) is 5.41 Å². The Morgan fingerprint density at radius 3 is 1.94 bits per heavy atom. The van der Waals surface area contributed by atoms with Crippen LogP contribution in [-0.2, 0) is 5.41 Å². The fraction of sp³-hybridized carbons (Fsp3) is 0.0667. The van der Waals surface area contributed by atoms with E-state index in [0.29, 0.717) is 0 Å². The minimum atomic E-state index is -0.176. The van der Waals surface area contributed by atoms with Gasteiger partial charge in [0, 0.05) is 54.5 Å². The van der Waals surface area contributed by atoms with Crippen LogP contribution in [0.3, 0.4) is 0 Å². The van der Waals surface area contributed by atoms with Crippen LogP contribution in [0.25, 0.3) is 93.6 Å². The molecular weight excluding hydrogens is 587 g/mol. The Morgan fingerprint density at radius 2 is 1.12 bits per heavy atom. The summed E-state index contributed by atoms with van der Waals surface area (Å²) in [6, 6.07) is 50.2. The maximum atomic E-state index is 6.54. The van der Waals surface area contributed by atoms with Gasteiger partial charge in [0.25, 0.3) is 0 Å². The lowest BCUT2D eigenvalue weighted by Gasteiger charge is -2.22. The molecule has 1 aliphatic rings. The number of para-hydroxylation sites is 4. The van der Waals surface area contributed by atoms with Crippen LogP contribution < -0.4 is 0 Å². The number of fused-ring (bicyclic) bond motifs is 13. The first-order chi connectivity index (χ1) is 23.6. The molecule has 3 heterocycles. The third-order valence-corrected chi connectivity index (χ3v) is 10.8. The smallest absolute Gasteiger partial charge is 0.143 e. The first-order valence-corrected chi connectivity index (χ1v) is 16.6. The van der Waals surface area contributed by atoms with Crippen LogP contribution in [0, 0.1) is 0 Å². The SMILES string of the molecule is CC1(C)c2cc(-n3c4ccccc4c4cc(-c5cccc6c5oc5ccccc56)ccc43)ccc2-c2c1ccc1c2oc2ccccc21. The fourth-order valence-electron chi connectivity index (χ4n) is 8.52. The third kappa shape index (κ3) is 3.28. The summed E-state index contributed by atoms with van der Waals surface area (Å²) in [6.07, 6.45) is 0. The summed E-state index contributed by atoms with van der Waals surface area (Å²) in [4.78, 5) is 0. The molecule has 10 aromatic rings. The lowest BCUT2D eigenvalue weighted by atomic mass is 9.82. The third-order valence-electron chi connectivity index (χ3n) is 10.8. The molecule has 0 atom stereocenters. The molecule has 0 saturated carbocycles. The van der Waals surface area contributed by atoms with Gasteiger partial charge in [0.1, 0.15) is 22.3 Å². The Kier molecular flexibility index (Phi) is 4.91. The van der Waals surface area contributed by atoms with Gasteiger partial charge in [0.2, 0.25) is 0 Å². The molecule has 0 bridgehead atoms. The van der Waals surface area contributed by atoms with Crippen LogP contribution in [-0.4, -0.2) is 4.57 Å². The van der Waals surface area contributed by atoms with Crippen molar-refractivity contribution in [2.75, 3.05) is 0 Å². The molecule has 0 radical (unpaired) electrons. The second-order valence-corrected chi connectivity index (χ2v) is 13.7. The highest BCUT2D eigenvalue weighted by Crippen LogP contribution is 2.53. The molecule has 11 rings (SSSR count). The highest BCUT2D eigenvalue weighted by molar-refractivity contribution is 6.14. The highest BCUT2D eigenvalue weighted by atomic mass is 16.3. The molecule has 48 heavy (non-hydrogen) atoms. The zero-order valence-corrected chi connectivity index (χ0v) is 26.5. The van der Waals surface area contributed by atoms with E-state index in [0.717, 1.165) is 49.9 Å². The van der Waals surface area contributed by atoms with Crippen molar-refractivity contribution in [3.8, 4) is 27.9 Å². The van der Waals surface area contributed by atoms with Crippen LogP contribution in [0.5, 0.6) is 0 Å². The quantitative estimate of drug-likeness (QED) is 0.194. The van der Waals surface area contributed by atoms with Gasteiger partial charge < -0.3 is 13.4 Å². The molecule has 0 saturated heterocycles. The number of furan rings is 2. The summed E-state index contributed by atoms with van der Waals surface area (Å²) in [7, 11) is 0. The zero-order valence-electron chi connectivity index (χ0n) is 26.5. The first-order valence-electron chi connectivity index (χ1n) is 16.6. The number of nitrogens with zero attached hydrogens (tertiary/aromatic N) is 1. The number of hydrogen-bond acceptors (Lipinski definition) is 2. The van der Waals surface area contributed by atoms with Crippen LogP contribution >= 0.6 is 0 Å². The van der Waals surface area contributed by atoms with Crippen molar-refractivity contribution >= 4 is 65.7 Å². The Hall–Kier alpha value is -6.06. The molecule has 3 aromatic heterocycles. The van der Waals surface area contributed by atoms with Gasteiger partial charge in [-0.2, -0.15) is 0 Å². The van der Waals surface area contributed by atoms with Crippen LogP contribution in [0.15, 0.2) is 148 Å². The van der Waals surface area contributed by atoms with Crippen molar-refractivity contribution in [1.29, 1.82) is 0 Å². The topological polar surface area (TPSA) is 31.2 Å². The van der Waals surface area contributed by atoms with Crippen molar-refractivity contribution < 1.29 is 8.83 Å². The van der Waals surface area contributed by atoms with Gasteiger partial charge in [-0.05, 0) is 64.7 Å². The highest BCUT2D eigenvalue weighted by Gasteiger charge is 2.38. The average molecular weight is 616 g/mol. The molecule has 3 heteroatoms. The zero-order chi connectivity index (χ0) is 31.7. The van der Waals surface area contributed by atoms with E-state index in [1.807, 2.05) is 18.2 Å². The molecule has 0 spiro atoms. The van der Waals surface area contributed by atoms with E-state index in [2.05, 4.69) is 140 Å². The van der Waals surface area contributed by atoms with Crippen LogP contribution in [0.2, 0.25) is 0 Å². The number of aromatic nitrogens is 1. The summed E-state index contributed by atoms with van der Waals surface area (Å²) in [6.45, 7) is 4.68. The number of hydrogen-bond donors (Lipinski definition) is 0. The lowest BCUT2D eigenvalue weighted by Crippen LogP contribution is -2.15. The molecule has 0 aliphatic heterocycles. The van der Waals surface area contributed by atoms with Gasteiger partial charge in [-0.1, -0.05) is 111 Å². The minimum Gasteiger partial charge on any atom is -0.455 e. The predicted octanol–water partition coefficient (Wildman–Crippen LogP) is 12.6. The Bertz CT molecular complexity index is 2980. The maximum absolute atomic E-state index is 6.54. The van der Waals surface area contributed by atoms with Crippen LogP contribution in [0.4, 0.5) is 0 Å². The molecule has 0 N–H and O–H groups in total. The molecule has 0 unspecified atom stereocenters. The summed E-state index contributed by atoms with van der Waals surface area (Å²) in [5, 5.41) is 7.09. The van der Waals surface area contributed by atoms with E-state index in [4.69, 9.17) is 8.83 Å². The molecule has 1 aliphatic carbocycles. The summed E-state index contributed by atoms with van der Waals surface area (Å²) in [5.74, 6) is 0. The average Bonchev–Trinajstić information content (AvgIpc) is 3.85. The summed E-state index contributed by atoms with van der Waals surface area (Å²) < 4.78 is 15.4. The van der Waals surface area contributed by atoms with Gasteiger partial charge in [0.05, 0.1) is 11.0 Å². The fourth-order valence-corrected chi connectivity index (χ4v) is 8.52. The molecular formula is C45H29NO2. The first kappa shape index (κ1) is 26.1. The van der Waals surface area contributed by atoms with Crippen molar-refractivity contribution in [2.24, 2.45) is 0 Å². The minimum absolute atomic E-state index is 0.176. The van der Waals surface area contributed by atoms with Gasteiger partial charge in [-0.3, -0.25) is 0 Å². The second-order valence-electron chi connectivity index (χ2n) is 13.7. The Labute approximate surface area is 276 Å². The standard InChI is InChI=1S/C45H29NO2/c1-45(2)36-22-21-33-31-12-5-8-17-41(31)48-44(33)42(36)34-20-19-27(25-37(34)45)46-38-15-6-3-10-29(38)35-24-26(18-23-39(35)46)28-13-9-14-32-30-11-4-7-16-40(30)47-43(28)32/h3-25H,1-2H3. The number of rotatable bonds is 2. The predicted molar refractivity (Wildman–Crippen MR) is 198 cm³/mol. The van der Waals surface area contributed by atoms with E-state index in [1.165, 1.54) is 54.8 Å². The molecule has 3 nitrogen and oxygen atoms in total. The lowest BCUT2D eigenvalue weighted by molar-refractivity contribution is 0.653. The maximum Gasteiger partial charge on any atom is 0.143 e. The second kappa shape index (κ2) is 9.05. The van der Waals surface area contributed by atoms with E-state index < -0.39 is 0 Å². The normalized spacial score (nSPS) is 13.8. The van der Waals surface area contributed by atoms with E-state index in [1.54, 1.807) is 0 Å². The summed E-state index contributed by atoms with van der Waals surface area (Å²) in [5.41, 5.74) is 14.5. The van der Waals surface area contributed by atoms with E-state index in [9.17, 15) is 0 Å². The summed E-state index contributed by atoms with van der Waals surface area (Å²) >= 11 is 0. The van der Waals surface area contributed by atoms with Gasteiger partial charge >= 0.3 is 0 Å². The van der Waals surface area contributed by atoms with Crippen molar-refractivity contribution in [3.05, 3.63) is 151 Å². The van der Waals surface area contributed by atoms with Gasteiger partial charge in [-0.15, -0.1) is 0 Å². The molecule has 0 amide bonds. The van der Waals surface area contributed by atoms with Crippen molar-refractivity contribution in [2.45, 2.75) is 19.3 Å². The molecule has 226 valence electrons. The largest absolute Gasteiger partial charge is 0.455 e. The van der Waals surface area contributed by atoms with Gasteiger partial charge in [-0.25, -0.2) is 0 Å². The van der Waals surface area contributed by atoms with Gasteiger partial charge in [0.15, 0.2) is 0 Å². The monoisotopic (exact) mass is 615 g/mol. The number of benzene rings is 7.